The van der Waals surface area contributed by atoms with Gasteiger partial charge in [-0.1, -0.05) is 27.5 Å². The Balaban J connectivity index is 1.87. The lowest BCUT2D eigenvalue weighted by Crippen LogP contribution is -2.20. The first-order valence-corrected chi connectivity index (χ1v) is 8.22. The number of nitrogens with zero attached hydrogens (tertiary/aromatic N) is 1. The molecule has 0 amide bonds. The van der Waals surface area contributed by atoms with Gasteiger partial charge in [0.05, 0.1) is 16.6 Å². The van der Waals surface area contributed by atoms with E-state index in [4.69, 9.17) is 16.3 Å². The molecule has 110 valence electrons. The van der Waals surface area contributed by atoms with Gasteiger partial charge in [-0.3, -0.25) is 10.1 Å². The molecule has 0 N–H and O–H groups in total. The summed E-state index contributed by atoms with van der Waals surface area (Å²) >= 11 is 9.53. The third-order valence-electron chi connectivity index (χ3n) is 3.79. The number of nitro benzene ring substituents is 1. The molecule has 1 fully saturated rings. The van der Waals surface area contributed by atoms with Crippen molar-refractivity contribution in [2.75, 3.05) is 11.9 Å². The summed E-state index contributed by atoms with van der Waals surface area (Å²) in [5, 5.41) is 12.0. The molecular formula is C14H17BrClNO3. The van der Waals surface area contributed by atoms with Crippen molar-refractivity contribution in [1.82, 2.24) is 0 Å². The molecule has 1 aliphatic rings. The van der Waals surface area contributed by atoms with E-state index in [9.17, 15) is 10.1 Å². The second-order valence-electron chi connectivity index (χ2n) is 5.22. The number of alkyl halides is 1. The summed E-state index contributed by atoms with van der Waals surface area (Å²) in [4.78, 5) is 10.2. The number of rotatable bonds is 5. The van der Waals surface area contributed by atoms with Crippen molar-refractivity contribution in [3.63, 3.8) is 0 Å². The fraction of sp³-hybridized carbons (Fsp3) is 0.571. The lowest BCUT2D eigenvalue weighted by Gasteiger charge is -2.27. The molecule has 0 aromatic heterocycles. The minimum absolute atomic E-state index is 0.0137. The van der Waals surface area contributed by atoms with Gasteiger partial charge in [0, 0.05) is 17.5 Å². The zero-order valence-corrected chi connectivity index (χ0v) is 13.4. The van der Waals surface area contributed by atoms with E-state index in [-0.39, 0.29) is 5.69 Å². The van der Waals surface area contributed by atoms with Gasteiger partial charge < -0.3 is 4.74 Å². The van der Waals surface area contributed by atoms with Gasteiger partial charge in [0.1, 0.15) is 5.75 Å². The molecule has 6 heteroatoms. The highest BCUT2D eigenvalue weighted by Crippen LogP contribution is 2.32. The van der Waals surface area contributed by atoms with Crippen molar-refractivity contribution in [3.8, 4) is 5.75 Å². The van der Waals surface area contributed by atoms with Crippen LogP contribution in [0.2, 0.25) is 5.02 Å². The van der Waals surface area contributed by atoms with Crippen molar-refractivity contribution in [2.45, 2.75) is 25.7 Å². The maximum Gasteiger partial charge on any atom is 0.271 e. The van der Waals surface area contributed by atoms with Gasteiger partial charge in [0.25, 0.3) is 5.69 Å². The fourth-order valence-corrected chi connectivity index (χ4v) is 3.36. The van der Waals surface area contributed by atoms with Gasteiger partial charge in [0.15, 0.2) is 0 Å². The molecule has 1 aromatic rings. The Labute approximate surface area is 131 Å². The molecule has 0 radical (unpaired) electrons. The third-order valence-corrected chi connectivity index (χ3v) is 5.00. The first-order chi connectivity index (χ1) is 9.60. The Morgan fingerprint density at radius 1 is 1.30 bits per heavy atom. The van der Waals surface area contributed by atoms with E-state index < -0.39 is 4.92 Å². The van der Waals surface area contributed by atoms with Gasteiger partial charge in [-0.2, -0.15) is 0 Å². The highest BCUT2D eigenvalue weighted by Gasteiger charge is 2.21. The second-order valence-corrected chi connectivity index (χ2v) is 6.28. The first kappa shape index (κ1) is 15.6. The smallest absolute Gasteiger partial charge is 0.271 e. The molecule has 0 spiro atoms. The van der Waals surface area contributed by atoms with E-state index in [1.165, 1.54) is 37.8 Å². The minimum atomic E-state index is -0.461. The zero-order valence-electron chi connectivity index (χ0n) is 11.1. The zero-order chi connectivity index (χ0) is 14.5. The van der Waals surface area contributed by atoms with E-state index in [0.29, 0.717) is 23.3 Å². The van der Waals surface area contributed by atoms with Crippen LogP contribution in [0.5, 0.6) is 5.75 Å². The van der Waals surface area contributed by atoms with Crippen LogP contribution in [0, 0.1) is 22.0 Å². The van der Waals surface area contributed by atoms with Gasteiger partial charge in [-0.15, -0.1) is 0 Å². The Hall–Kier alpha value is -0.810. The first-order valence-electron chi connectivity index (χ1n) is 6.73. The summed E-state index contributed by atoms with van der Waals surface area (Å²) in [5.41, 5.74) is -0.0137. The number of hydrogen-bond acceptors (Lipinski definition) is 3. The van der Waals surface area contributed by atoms with Crippen molar-refractivity contribution >= 4 is 33.2 Å². The quantitative estimate of drug-likeness (QED) is 0.428. The molecular weight excluding hydrogens is 346 g/mol. The van der Waals surface area contributed by atoms with E-state index in [1.54, 1.807) is 6.07 Å². The Morgan fingerprint density at radius 3 is 2.50 bits per heavy atom. The van der Waals surface area contributed by atoms with Crippen molar-refractivity contribution in [1.29, 1.82) is 0 Å². The van der Waals surface area contributed by atoms with Crippen LogP contribution in [0.1, 0.15) is 25.7 Å². The SMILES string of the molecule is O=[N+]([O-])c1ccc(OCC2CCC(CBr)CC2)c(Cl)c1. The number of ether oxygens (including phenoxy) is 1. The van der Waals surface area contributed by atoms with E-state index in [0.717, 1.165) is 11.2 Å². The number of halogens is 2. The van der Waals surface area contributed by atoms with E-state index in [1.807, 2.05) is 0 Å². The normalized spacial score (nSPS) is 22.5. The predicted octanol–water partition coefficient (Wildman–Crippen LogP) is 4.83. The maximum absolute atomic E-state index is 10.6. The second kappa shape index (κ2) is 7.27. The number of hydrogen-bond donors (Lipinski definition) is 0. The van der Waals surface area contributed by atoms with Gasteiger partial charge >= 0.3 is 0 Å². The third kappa shape index (κ3) is 4.09. The van der Waals surface area contributed by atoms with Crippen LogP contribution in [0.15, 0.2) is 18.2 Å². The van der Waals surface area contributed by atoms with Crippen LogP contribution < -0.4 is 4.74 Å². The van der Waals surface area contributed by atoms with Crippen LogP contribution in [0.4, 0.5) is 5.69 Å². The van der Waals surface area contributed by atoms with Crippen molar-refractivity contribution < 1.29 is 9.66 Å². The van der Waals surface area contributed by atoms with Crippen molar-refractivity contribution in [3.05, 3.63) is 33.3 Å². The van der Waals surface area contributed by atoms with Gasteiger partial charge in [0.2, 0.25) is 0 Å². The van der Waals surface area contributed by atoms with Crippen LogP contribution in [0.25, 0.3) is 0 Å². The summed E-state index contributed by atoms with van der Waals surface area (Å²) in [6.07, 6.45) is 4.79. The minimum Gasteiger partial charge on any atom is -0.492 e. The molecule has 1 aliphatic carbocycles. The monoisotopic (exact) mass is 361 g/mol. The summed E-state index contributed by atoms with van der Waals surface area (Å²) in [6.45, 7) is 0.631. The molecule has 0 aliphatic heterocycles. The predicted molar refractivity (Wildman–Crippen MR) is 82.8 cm³/mol. The molecule has 2 rings (SSSR count). The molecule has 20 heavy (non-hydrogen) atoms. The topological polar surface area (TPSA) is 52.4 Å². The molecule has 0 atom stereocenters. The van der Waals surface area contributed by atoms with Crippen LogP contribution in [0.3, 0.4) is 0 Å². The average Bonchev–Trinajstić information content (AvgIpc) is 2.46. The highest BCUT2D eigenvalue weighted by atomic mass is 79.9. The molecule has 0 unspecified atom stereocenters. The molecule has 1 saturated carbocycles. The maximum atomic E-state index is 10.6. The van der Waals surface area contributed by atoms with Gasteiger partial charge in [-0.05, 0) is 43.6 Å². The summed E-state index contributed by atoms with van der Waals surface area (Å²) in [5.74, 6) is 1.87. The lowest BCUT2D eigenvalue weighted by atomic mass is 9.83. The summed E-state index contributed by atoms with van der Waals surface area (Å²) in [7, 11) is 0. The van der Waals surface area contributed by atoms with Crippen LogP contribution in [-0.2, 0) is 0 Å². The molecule has 4 nitrogen and oxygen atoms in total. The Kier molecular flexibility index (Phi) is 5.66. The summed E-state index contributed by atoms with van der Waals surface area (Å²) < 4.78 is 5.71. The Bertz CT molecular complexity index is 475. The van der Waals surface area contributed by atoms with E-state index in [2.05, 4.69) is 15.9 Å². The largest absolute Gasteiger partial charge is 0.492 e. The van der Waals surface area contributed by atoms with Crippen LogP contribution >= 0.6 is 27.5 Å². The highest BCUT2D eigenvalue weighted by molar-refractivity contribution is 9.09. The molecule has 0 saturated heterocycles. The van der Waals surface area contributed by atoms with Crippen molar-refractivity contribution in [2.24, 2.45) is 11.8 Å². The number of non-ortho nitro benzene ring substituents is 1. The fourth-order valence-electron chi connectivity index (χ4n) is 2.48. The number of benzene rings is 1. The molecule has 1 aromatic carbocycles. The molecule has 0 bridgehead atoms. The average molecular weight is 363 g/mol. The summed E-state index contributed by atoms with van der Waals surface area (Å²) in [6, 6.07) is 4.33. The van der Waals surface area contributed by atoms with E-state index >= 15 is 0 Å². The lowest BCUT2D eigenvalue weighted by molar-refractivity contribution is -0.384. The molecule has 0 heterocycles. The standard InChI is InChI=1S/C14H17BrClNO3/c15-8-10-1-3-11(4-2-10)9-20-14-6-5-12(17(18)19)7-13(14)16/h5-7,10-11H,1-4,8-9H2. The van der Waals surface area contributed by atoms with Crippen LogP contribution in [-0.4, -0.2) is 16.9 Å². The Morgan fingerprint density at radius 2 is 1.95 bits per heavy atom. The number of nitro groups is 1. The van der Waals surface area contributed by atoms with Gasteiger partial charge in [-0.25, -0.2) is 0 Å².